The summed E-state index contributed by atoms with van der Waals surface area (Å²) in [6.45, 7) is 4.59. The smallest absolute Gasteiger partial charge is 0.0326 e. The predicted octanol–water partition coefficient (Wildman–Crippen LogP) is 6.33. The van der Waals surface area contributed by atoms with Gasteiger partial charge in [0.15, 0.2) is 0 Å². The molecule has 21 heavy (non-hydrogen) atoms. The van der Waals surface area contributed by atoms with Crippen molar-refractivity contribution in [2.24, 2.45) is 11.8 Å². The van der Waals surface area contributed by atoms with E-state index < -0.39 is 0 Å². The lowest BCUT2D eigenvalue weighted by Crippen LogP contribution is -2.23. The Morgan fingerprint density at radius 3 is 1.81 bits per heavy atom. The van der Waals surface area contributed by atoms with Gasteiger partial charge < -0.3 is 0 Å². The van der Waals surface area contributed by atoms with Crippen LogP contribution in [0.5, 0.6) is 0 Å². The van der Waals surface area contributed by atoms with Crippen molar-refractivity contribution in [2.75, 3.05) is 0 Å². The van der Waals surface area contributed by atoms with E-state index in [4.69, 9.17) is 0 Å². The summed E-state index contributed by atoms with van der Waals surface area (Å²) >= 11 is 0. The van der Waals surface area contributed by atoms with Gasteiger partial charge in [-0.25, -0.2) is 0 Å². The number of rotatable bonds is 4. The first-order valence-electron chi connectivity index (χ1n) is 8.97. The van der Waals surface area contributed by atoms with E-state index in [1.807, 2.05) is 0 Å². The minimum absolute atomic E-state index is 0.746. The average Bonchev–Trinajstić information content (AvgIpc) is 2.58. The Balaban J connectivity index is 1.82. The molecule has 0 bridgehead atoms. The summed E-state index contributed by atoms with van der Waals surface area (Å²) in [7, 11) is 0. The highest BCUT2D eigenvalue weighted by atomic mass is 14.4. The van der Waals surface area contributed by atoms with Crippen LogP contribution in [0.1, 0.15) is 69.8 Å². The van der Waals surface area contributed by atoms with E-state index in [0.717, 1.165) is 11.8 Å². The van der Waals surface area contributed by atoms with Crippen LogP contribution in [0.15, 0.2) is 42.5 Å². The van der Waals surface area contributed by atoms with Gasteiger partial charge in [0.05, 0.1) is 0 Å². The molecule has 0 atom stereocenters. The molecule has 1 aromatic rings. The molecule has 1 aromatic carbocycles. The Morgan fingerprint density at radius 2 is 1.24 bits per heavy atom. The highest BCUT2D eigenvalue weighted by Crippen LogP contribution is 2.44. The highest BCUT2D eigenvalue weighted by molar-refractivity contribution is 5.44. The van der Waals surface area contributed by atoms with Gasteiger partial charge in [0, 0.05) is 5.92 Å². The molecule has 1 radical (unpaired) electrons. The normalized spacial score (nSPS) is 21.6. The molecule has 0 aliphatic heterocycles. The molecule has 2 aliphatic rings. The van der Waals surface area contributed by atoms with Crippen LogP contribution in [0, 0.1) is 17.8 Å². The van der Waals surface area contributed by atoms with E-state index in [-0.39, 0.29) is 0 Å². The number of hydrogen-bond acceptors (Lipinski definition) is 0. The van der Waals surface area contributed by atoms with E-state index in [1.165, 1.54) is 75.3 Å². The standard InChI is InChI=1S/C21H29/c1-17(18-11-5-2-6-12-18)21(19-13-7-3-8-14-19)20-15-9-4-10-16-20/h3,7-8,13-14,18,20H,1-2,4-6,9-12,15-16H2. The van der Waals surface area contributed by atoms with Gasteiger partial charge in [-0.05, 0) is 43.1 Å². The zero-order valence-corrected chi connectivity index (χ0v) is 13.3. The first-order chi connectivity index (χ1) is 10.4. The molecule has 3 rings (SSSR count). The minimum Gasteiger partial charge on any atom is -0.0986 e. The van der Waals surface area contributed by atoms with E-state index in [2.05, 4.69) is 36.9 Å². The van der Waals surface area contributed by atoms with Crippen molar-refractivity contribution in [3.8, 4) is 0 Å². The topological polar surface area (TPSA) is 0 Å². The fraction of sp³-hybridized carbons (Fsp3) is 0.571. The highest BCUT2D eigenvalue weighted by Gasteiger charge is 2.31. The summed E-state index contributed by atoms with van der Waals surface area (Å²) in [6, 6.07) is 11.1. The van der Waals surface area contributed by atoms with E-state index in [0.29, 0.717) is 0 Å². The monoisotopic (exact) mass is 281 g/mol. The van der Waals surface area contributed by atoms with Crippen LogP contribution in [0.25, 0.3) is 0 Å². The average molecular weight is 281 g/mol. The lowest BCUT2D eigenvalue weighted by Gasteiger charge is -2.36. The SMILES string of the molecule is C=C([C](c1ccccc1)C1CCCCC1)C1CCCCC1. The summed E-state index contributed by atoms with van der Waals surface area (Å²) in [5, 5.41) is 0. The van der Waals surface area contributed by atoms with Crippen molar-refractivity contribution >= 4 is 0 Å². The fourth-order valence-electron chi connectivity index (χ4n) is 4.36. The Morgan fingerprint density at radius 1 is 0.714 bits per heavy atom. The van der Waals surface area contributed by atoms with Crippen molar-refractivity contribution < 1.29 is 0 Å². The lowest BCUT2D eigenvalue weighted by molar-refractivity contribution is 0.354. The van der Waals surface area contributed by atoms with Gasteiger partial charge in [0.1, 0.15) is 0 Å². The van der Waals surface area contributed by atoms with Crippen molar-refractivity contribution in [2.45, 2.75) is 64.2 Å². The number of allylic oxidation sites excluding steroid dienone is 1. The van der Waals surface area contributed by atoms with Gasteiger partial charge in [-0.3, -0.25) is 0 Å². The Hall–Kier alpha value is -1.04. The zero-order valence-electron chi connectivity index (χ0n) is 13.3. The zero-order chi connectivity index (χ0) is 14.5. The second kappa shape index (κ2) is 7.29. The van der Waals surface area contributed by atoms with Crippen LogP contribution < -0.4 is 0 Å². The van der Waals surface area contributed by atoms with Gasteiger partial charge in [-0.2, -0.15) is 0 Å². The van der Waals surface area contributed by atoms with Gasteiger partial charge in [0.2, 0.25) is 0 Å². The molecule has 2 aliphatic carbocycles. The van der Waals surface area contributed by atoms with Crippen molar-refractivity contribution in [1.29, 1.82) is 0 Å². The molecule has 0 unspecified atom stereocenters. The maximum Gasteiger partial charge on any atom is 0.0326 e. The van der Waals surface area contributed by atoms with Crippen LogP contribution in [0.2, 0.25) is 0 Å². The maximum absolute atomic E-state index is 4.59. The molecular weight excluding hydrogens is 252 g/mol. The Bertz CT molecular complexity index is 432. The van der Waals surface area contributed by atoms with Gasteiger partial charge >= 0.3 is 0 Å². The first-order valence-corrected chi connectivity index (χ1v) is 8.97. The number of hydrogen-bond donors (Lipinski definition) is 0. The molecule has 2 fully saturated rings. The van der Waals surface area contributed by atoms with Gasteiger partial charge in [-0.15, -0.1) is 0 Å². The van der Waals surface area contributed by atoms with E-state index in [9.17, 15) is 0 Å². The molecule has 0 heteroatoms. The van der Waals surface area contributed by atoms with Crippen LogP contribution in [-0.2, 0) is 0 Å². The van der Waals surface area contributed by atoms with E-state index in [1.54, 1.807) is 5.92 Å². The van der Waals surface area contributed by atoms with Crippen molar-refractivity contribution in [3.05, 3.63) is 54.0 Å². The molecule has 0 saturated heterocycles. The third-order valence-electron chi connectivity index (χ3n) is 5.54. The molecule has 0 aromatic heterocycles. The minimum atomic E-state index is 0.746. The van der Waals surface area contributed by atoms with Crippen molar-refractivity contribution in [3.63, 3.8) is 0 Å². The van der Waals surface area contributed by atoms with Gasteiger partial charge in [-0.1, -0.05) is 81.0 Å². The molecule has 0 spiro atoms. The van der Waals surface area contributed by atoms with Crippen LogP contribution >= 0.6 is 0 Å². The quantitative estimate of drug-likeness (QED) is 0.605. The summed E-state index contributed by atoms with van der Waals surface area (Å²) in [6.07, 6.45) is 13.9. The molecule has 0 amide bonds. The Kier molecular flexibility index (Phi) is 5.17. The second-order valence-corrected chi connectivity index (χ2v) is 6.97. The van der Waals surface area contributed by atoms with Gasteiger partial charge in [0.25, 0.3) is 0 Å². The third kappa shape index (κ3) is 3.59. The summed E-state index contributed by atoms with van der Waals surface area (Å²) in [5.41, 5.74) is 2.92. The summed E-state index contributed by atoms with van der Waals surface area (Å²) in [4.78, 5) is 0. The molecule has 0 N–H and O–H groups in total. The summed E-state index contributed by atoms with van der Waals surface area (Å²) in [5.74, 6) is 3.12. The lowest BCUT2D eigenvalue weighted by atomic mass is 9.68. The Labute approximate surface area is 130 Å². The van der Waals surface area contributed by atoms with Crippen molar-refractivity contribution in [1.82, 2.24) is 0 Å². The molecule has 2 saturated carbocycles. The summed E-state index contributed by atoms with van der Waals surface area (Å²) < 4.78 is 0. The maximum atomic E-state index is 4.59. The number of benzene rings is 1. The van der Waals surface area contributed by atoms with Crippen LogP contribution in [0.3, 0.4) is 0 Å². The molecular formula is C21H29. The molecule has 113 valence electrons. The third-order valence-corrected chi connectivity index (χ3v) is 5.54. The van der Waals surface area contributed by atoms with Crippen LogP contribution in [0.4, 0.5) is 0 Å². The predicted molar refractivity (Wildman–Crippen MR) is 91.1 cm³/mol. The fourth-order valence-corrected chi connectivity index (χ4v) is 4.36. The largest absolute Gasteiger partial charge is 0.0986 e. The molecule has 0 nitrogen and oxygen atoms in total. The van der Waals surface area contributed by atoms with E-state index >= 15 is 0 Å². The second-order valence-electron chi connectivity index (χ2n) is 6.97. The first kappa shape index (κ1) is 14.9. The molecule has 0 heterocycles. The van der Waals surface area contributed by atoms with Crippen LogP contribution in [-0.4, -0.2) is 0 Å².